The number of anilines is 1. The molecule has 1 aliphatic heterocycles. The van der Waals surface area contributed by atoms with E-state index < -0.39 is 15.8 Å². The van der Waals surface area contributed by atoms with Crippen LogP contribution in [0.25, 0.3) is 10.9 Å². The number of ether oxygens (including phenoxy) is 2. The van der Waals surface area contributed by atoms with Crippen LogP contribution in [0.2, 0.25) is 0 Å². The Morgan fingerprint density at radius 3 is 2.31 bits per heavy atom. The third-order valence-corrected chi connectivity index (χ3v) is 8.31. The molecule has 0 bridgehead atoms. The number of hydrogen-bond acceptors (Lipinski definition) is 6. The van der Waals surface area contributed by atoms with Crippen molar-refractivity contribution in [1.29, 1.82) is 0 Å². The molecule has 0 amide bonds. The van der Waals surface area contributed by atoms with E-state index in [-0.39, 0.29) is 4.90 Å². The molecule has 1 aliphatic rings. The van der Waals surface area contributed by atoms with Crippen molar-refractivity contribution in [3.05, 3.63) is 84.3 Å². The average molecular weight is 510 g/mol. The Bertz CT molecular complexity index is 1480. The molecule has 2 heterocycles. The molecule has 0 saturated carbocycles. The second-order valence-corrected chi connectivity index (χ2v) is 10.5. The number of benzene rings is 3. The maximum absolute atomic E-state index is 13.5. The number of piperazine rings is 1. The third kappa shape index (κ3) is 4.52. The first-order valence-electron chi connectivity index (χ1n) is 11.7. The van der Waals surface area contributed by atoms with Gasteiger partial charge in [-0.2, -0.15) is 0 Å². The smallest absolute Gasteiger partial charge is 0.268 e. The van der Waals surface area contributed by atoms with Gasteiger partial charge in [-0.15, -0.1) is 0 Å². The van der Waals surface area contributed by atoms with Crippen molar-refractivity contribution in [2.75, 3.05) is 45.3 Å². The number of hydrogen-bond donors (Lipinski definition) is 0. The van der Waals surface area contributed by atoms with E-state index in [1.54, 1.807) is 32.5 Å². The lowest BCUT2D eigenvalue weighted by Gasteiger charge is -2.36. The molecule has 0 radical (unpaired) electrons. The van der Waals surface area contributed by atoms with Crippen LogP contribution in [0.4, 0.5) is 10.1 Å². The Hall–Kier alpha value is -3.56. The van der Waals surface area contributed by atoms with Crippen LogP contribution in [0.15, 0.2) is 77.8 Å². The minimum absolute atomic E-state index is 0.0357. The summed E-state index contributed by atoms with van der Waals surface area (Å²) in [5.41, 5.74) is 2.52. The van der Waals surface area contributed by atoms with Gasteiger partial charge in [-0.25, -0.2) is 16.8 Å². The van der Waals surface area contributed by atoms with Crippen molar-refractivity contribution < 1.29 is 22.3 Å². The van der Waals surface area contributed by atoms with Crippen molar-refractivity contribution in [3.63, 3.8) is 0 Å². The van der Waals surface area contributed by atoms with Gasteiger partial charge >= 0.3 is 0 Å². The molecule has 4 aromatic rings. The molecule has 7 nitrogen and oxygen atoms in total. The number of aromatic nitrogens is 1. The Morgan fingerprint density at radius 1 is 0.889 bits per heavy atom. The third-order valence-electron chi connectivity index (χ3n) is 6.62. The molecule has 0 unspecified atom stereocenters. The lowest BCUT2D eigenvalue weighted by atomic mass is 10.1. The zero-order chi connectivity index (χ0) is 25.3. The molecular weight excluding hydrogens is 481 g/mol. The lowest BCUT2D eigenvalue weighted by Crippen LogP contribution is -2.46. The first-order chi connectivity index (χ1) is 17.4. The van der Waals surface area contributed by atoms with Gasteiger partial charge in [0.25, 0.3) is 10.0 Å². The maximum atomic E-state index is 13.5. The van der Waals surface area contributed by atoms with Crippen molar-refractivity contribution in [2.45, 2.75) is 11.4 Å². The van der Waals surface area contributed by atoms with E-state index >= 15 is 0 Å². The molecule has 188 valence electrons. The van der Waals surface area contributed by atoms with Crippen molar-refractivity contribution in [2.24, 2.45) is 0 Å². The van der Waals surface area contributed by atoms with Crippen LogP contribution in [0.1, 0.15) is 5.56 Å². The van der Waals surface area contributed by atoms with Crippen LogP contribution >= 0.6 is 0 Å². The lowest BCUT2D eigenvalue weighted by molar-refractivity contribution is 0.250. The monoisotopic (exact) mass is 509 g/mol. The van der Waals surface area contributed by atoms with E-state index in [1.807, 2.05) is 24.3 Å². The van der Waals surface area contributed by atoms with Crippen LogP contribution in [0, 0.1) is 5.82 Å². The van der Waals surface area contributed by atoms with E-state index in [0.717, 1.165) is 60.7 Å². The van der Waals surface area contributed by atoms with E-state index in [9.17, 15) is 12.8 Å². The van der Waals surface area contributed by atoms with E-state index in [2.05, 4.69) is 15.9 Å². The van der Waals surface area contributed by atoms with Crippen LogP contribution in [-0.4, -0.2) is 57.7 Å². The summed E-state index contributed by atoms with van der Waals surface area (Å²) in [7, 11) is -0.639. The number of fused-ring (bicyclic) bond motifs is 1. The van der Waals surface area contributed by atoms with Gasteiger partial charge in [0.1, 0.15) is 17.3 Å². The predicted octanol–water partition coefficient (Wildman–Crippen LogP) is 4.36. The summed E-state index contributed by atoms with van der Waals surface area (Å²) in [6.07, 6.45) is 1.68. The summed E-state index contributed by atoms with van der Waals surface area (Å²) < 4.78 is 52.6. The highest BCUT2D eigenvalue weighted by Crippen LogP contribution is 2.32. The summed E-state index contributed by atoms with van der Waals surface area (Å²) in [6.45, 7) is 3.89. The second-order valence-electron chi connectivity index (χ2n) is 8.73. The molecule has 0 N–H and O–H groups in total. The molecule has 0 aliphatic carbocycles. The van der Waals surface area contributed by atoms with Gasteiger partial charge in [-0.05, 0) is 60.2 Å². The minimum Gasteiger partial charge on any atom is -0.497 e. The van der Waals surface area contributed by atoms with Crippen molar-refractivity contribution >= 4 is 26.6 Å². The second kappa shape index (κ2) is 9.83. The highest BCUT2D eigenvalue weighted by atomic mass is 32.2. The van der Waals surface area contributed by atoms with Gasteiger partial charge in [-0.3, -0.25) is 4.90 Å². The molecule has 1 fully saturated rings. The van der Waals surface area contributed by atoms with Crippen LogP contribution in [0.3, 0.4) is 0 Å². The number of nitrogens with zero attached hydrogens (tertiary/aromatic N) is 3. The molecule has 5 rings (SSSR count). The fraction of sp³-hybridized carbons (Fsp3) is 0.259. The van der Waals surface area contributed by atoms with E-state index in [0.29, 0.717) is 17.8 Å². The van der Waals surface area contributed by atoms with Crippen molar-refractivity contribution in [1.82, 2.24) is 8.87 Å². The summed E-state index contributed by atoms with van der Waals surface area (Å²) in [6, 6.07) is 18.2. The van der Waals surface area contributed by atoms with Gasteiger partial charge in [0, 0.05) is 44.3 Å². The summed E-state index contributed by atoms with van der Waals surface area (Å²) in [5, 5.41) is 0.812. The van der Waals surface area contributed by atoms with Crippen LogP contribution in [0.5, 0.6) is 11.5 Å². The van der Waals surface area contributed by atoms with Crippen LogP contribution < -0.4 is 14.4 Å². The number of methoxy groups -OCH3 is 2. The molecule has 1 aromatic heterocycles. The standard InChI is InChI=1S/C27H28FN3O4S/c1-34-22-9-12-25-24(17-22)20(19-31(25)36(32,33)23-10-7-21(28)8-11-23)18-29-13-15-30(16-14-29)26-5-3-4-6-27(26)35-2/h3-12,17,19H,13-16,18H2,1-2H3. The normalized spacial score (nSPS) is 14.8. The van der Waals surface area contributed by atoms with E-state index in [4.69, 9.17) is 9.47 Å². The summed E-state index contributed by atoms with van der Waals surface area (Å²) >= 11 is 0. The molecule has 3 aromatic carbocycles. The minimum atomic E-state index is -3.91. The van der Waals surface area contributed by atoms with Crippen molar-refractivity contribution in [3.8, 4) is 11.5 Å². The van der Waals surface area contributed by atoms with E-state index in [1.165, 1.54) is 16.1 Å². The fourth-order valence-electron chi connectivity index (χ4n) is 4.70. The topological polar surface area (TPSA) is 64.0 Å². The highest BCUT2D eigenvalue weighted by molar-refractivity contribution is 7.90. The number of para-hydroxylation sites is 2. The fourth-order valence-corrected chi connectivity index (χ4v) is 6.09. The largest absolute Gasteiger partial charge is 0.497 e. The first-order valence-corrected chi connectivity index (χ1v) is 13.1. The zero-order valence-corrected chi connectivity index (χ0v) is 21.0. The van der Waals surface area contributed by atoms with Crippen LogP contribution in [-0.2, 0) is 16.6 Å². The molecular formula is C27H28FN3O4S. The maximum Gasteiger partial charge on any atom is 0.268 e. The van der Waals surface area contributed by atoms with Gasteiger partial charge in [-0.1, -0.05) is 12.1 Å². The highest BCUT2D eigenvalue weighted by Gasteiger charge is 2.24. The Kier molecular flexibility index (Phi) is 6.59. The average Bonchev–Trinajstić information content (AvgIpc) is 3.27. The quantitative estimate of drug-likeness (QED) is 0.369. The number of rotatable bonds is 7. The SMILES string of the molecule is COc1ccc2c(c1)c(CN1CCN(c3ccccc3OC)CC1)cn2S(=O)(=O)c1ccc(F)cc1. The Balaban J connectivity index is 1.43. The van der Waals surface area contributed by atoms with Gasteiger partial charge in [0.2, 0.25) is 0 Å². The molecule has 0 spiro atoms. The Morgan fingerprint density at radius 2 is 1.61 bits per heavy atom. The summed E-state index contributed by atoms with van der Waals surface area (Å²) in [5.74, 6) is 1.03. The van der Waals surface area contributed by atoms with Gasteiger partial charge < -0.3 is 14.4 Å². The summed E-state index contributed by atoms with van der Waals surface area (Å²) in [4.78, 5) is 4.66. The molecule has 1 saturated heterocycles. The molecule has 36 heavy (non-hydrogen) atoms. The zero-order valence-electron chi connectivity index (χ0n) is 20.2. The Labute approximate surface area is 210 Å². The van der Waals surface area contributed by atoms with Gasteiger partial charge in [0.05, 0.1) is 30.3 Å². The number of halogens is 1. The van der Waals surface area contributed by atoms with Gasteiger partial charge in [0.15, 0.2) is 0 Å². The molecule has 0 atom stereocenters. The first kappa shape index (κ1) is 24.1. The predicted molar refractivity (Wildman–Crippen MR) is 138 cm³/mol. The molecule has 9 heteroatoms.